The van der Waals surface area contributed by atoms with Gasteiger partial charge in [-0.15, -0.1) is 21.5 Å². The summed E-state index contributed by atoms with van der Waals surface area (Å²) in [6.45, 7) is 0. The molecule has 28 heavy (non-hydrogen) atoms. The molecule has 0 saturated heterocycles. The summed E-state index contributed by atoms with van der Waals surface area (Å²) in [6.07, 6.45) is 0. The lowest BCUT2D eigenvalue weighted by atomic mass is 10.3. The van der Waals surface area contributed by atoms with Crippen molar-refractivity contribution in [3.05, 3.63) is 77.9 Å². The van der Waals surface area contributed by atoms with E-state index < -0.39 is 5.82 Å². The van der Waals surface area contributed by atoms with Gasteiger partial charge in [0.15, 0.2) is 11.0 Å². The number of amides is 1. The molecule has 0 aliphatic rings. The summed E-state index contributed by atoms with van der Waals surface area (Å²) in [6, 6.07) is 19.8. The Labute approximate surface area is 169 Å². The maximum atomic E-state index is 13.7. The second-order valence-corrected chi connectivity index (χ2v) is 7.66. The number of anilines is 1. The molecule has 4 rings (SSSR count). The fourth-order valence-electron chi connectivity index (χ4n) is 2.62. The first-order valence-electron chi connectivity index (χ1n) is 8.44. The predicted octanol–water partition coefficient (Wildman–Crippen LogP) is 4.87. The number of hydrogen-bond acceptors (Lipinski definition) is 5. The van der Waals surface area contributed by atoms with E-state index in [9.17, 15) is 9.18 Å². The smallest absolute Gasteiger partial charge is 0.234 e. The average Bonchev–Trinajstić information content (AvgIpc) is 3.38. The lowest BCUT2D eigenvalue weighted by Crippen LogP contribution is -2.15. The zero-order chi connectivity index (χ0) is 19.3. The molecule has 0 aliphatic heterocycles. The van der Waals surface area contributed by atoms with E-state index >= 15 is 0 Å². The summed E-state index contributed by atoms with van der Waals surface area (Å²) >= 11 is 2.83. The molecule has 0 unspecified atom stereocenters. The van der Waals surface area contributed by atoms with Crippen LogP contribution in [0.1, 0.15) is 0 Å². The van der Waals surface area contributed by atoms with Crippen LogP contribution < -0.4 is 5.32 Å². The molecule has 0 fully saturated rings. The minimum absolute atomic E-state index is 0.0870. The summed E-state index contributed by atoms with van der Waals surface area (Å²) < 4.78 is 15.6. The summed E-state index contributed by atoms with van der Waals surface area (Å²) in [4.78, 5) is 13.3. The molecule has 2 aromatic carbocycles. The average molecular weight is 410 g/mol. The molecule has 4 aromatic rings. The van der Waals surface area contributed by atoms with Crippen LogP contribution in [0, 0.1) is 5.82 Å². The molecule has 0 bridgehead atoms. The highest BCUT2D eigenvalue weighted by molar-refractivity contribution is 7.99. The number of carbonyl (C=O) groups excluding carboxylic acids is 1. The van der Waals surface area contributed by atoms with Crippen LogP contribution in [0.25, 0.3) is 16.4 Å². The van der Waals surface area contributed by atoms with Crippen molar-refractivity contribution < 1.29 is 9.18 Å². The number of hydrogen-bond donors (Lipinski definition) is 1. The number of thiophene rings is 1. The van der Waals surface area contributed by atoms with Crippen LogP contribution in [0.3, 0.4) is 0 Å². The van der Waals surface area contributed by atoms with Gasteiger partial charge in [-0.05, 0) is 35.7 Å². The highest BCUT2D eigenvalue weighted by Gasteiger charge is 2.18. The molecule has 5 nitrogen and oxygen atoms in total. The molecule has 0 atom stereocenters. The van der Waals surface area contributed by atoms with Gasteiger partial charge in [-0.1, -0.05) is 48.2 Å². The van der Waals surface area contributed by atoms with Crippen molar-refractivity contribution in [2.75, 3.05) is 11.1 Å². The molecule has 1 N–H and O–H groups in total. The number of nitrogens with zero attached hydrogens (tertiary/aromatic N) is 3. The van der Waals surface area contributed by atoms with Gasteiger partial charge in [0.2, 0.25) is 5.91 Å². The molecule has 140 valence electrons. The minimum atomic E-state index is -0.465. The van der Waals surface area contributed by atoms with Crippen LogP contribution in [0.2, 0.25) is 0 Å². The first-order valence-corrected chi connectivity index (χ1v) is 10.3. The number of rotatable bonds is 6. The maximum absolute atomic E-state index is 13.7. The molecule has 1 amide bonds. The zero-order valence-electron chi connectivity index (χ0n) is 14.6. The van der Waals surface area contributed by atoms with E-state index in [1.54, 1.807) is 23.5 Å². The van der Waals surface area contributed by atoms with Crippen LogP contribution in [0.4, 0.5) is 10.1 Å². The van der Waals surface area contributed by atoms with Crippen molar-refractivity contribution in [1.82, 2.24) is 14.8 Å². The van der Waals surface area contributed by atoms with Crippen LogP contribution in [-0.4, -0.2) is 26.4 Å². The van der Waals surface area contributed by atoms with Crippen molar-refractivity contribution >= 4 is 34.7 Å². The van der Waals surface area contributed by atoms with Crippen molar-refractivity contribution in [3.8, 4) is 16.4 Å². The highest BCUT2D eigenvalue weighted by Crippen LogP contribution is 2.30. The van der Waals surface area contributed by atoms with Crippen molar-refractivity contribution in [3.63, 3.8) is 0 Å². The van der Waals surface area contributed by atoms with E-state index in [1.165, 1.54) is 23.9 Å². The zero-order valence-corrected chi connectivity index (χ0v) is 16.2. The lowest BCUT2D eigenvalue weighted by molar-refractivity contribution is -0.113. The Kier molecular flexibility index (Phi) is 5.50. The van der Waals surface area contributed by atoms with E-state index in [2.05, 4.69) is 15.5 Å². The van der Waals surface area contributed by atoms with Gasteiger partial charge in [-0.25, -0.2) is 4.39 Å². The van der Waals surface area contributed by atoms with Crippen LogP contribution >= 0.6 is 23.1 Å². The summed E-state index contributed by atoms with van der Waals surface area (Å²) in [5, 5.41) is 13.8. The lowest BCUT2D eigenvalue weighted by Gasteiger charge is -2.09. The first kappa shape index (κ1) is 18.4. The third-order valence-electron chi connectivity index (χ3n) is 3.87. The Morgan fingerprint density at radius 3 is 2.57 bits per heavy atom. The number of carbonyl (C=O) groups is 1. The minimum Gasteiger partial charge on any atom is -0.323 e. The third-order valence-corrected chi connectivity index (χ3v) is 5.66. The topological polar surface area (TPSA) is 59.8 Å². The van der Waals surface area contributed by atoms with Gasteiger partial charge < -0.3 is 5.32 Å². The number of para-hydroxylation sites is 2. The second-order valence-electron chi connectivity index (χ2n) is 5.77. The normalized spacial score (nSPS) is 10.8. The number of benzene rings is 2. The Hall–Kier alpha value is -2.97. The molecule has 2 heterocycles. The van der Waals surface area contributed by atoms with Crippen molar-refractivity contribution in [2.24, 2.45) is 0 Å². The van der Waals surface area contributed by atoms with Gasteiger partial charge in [0, 0.05) is 5.69 Å². The predicted molar refractivity (Wildman–Crippen MR) is 110 cm³/mol. The monoisotopic (exact) mass is 410 g/mol. The Bertz CT molecular complexity index is 1080. The first-order chi connectivity index (χ1) is 13.7. The van der Waals surface area contributed by atoms with E-state index in [4.69, 9.17) is 0 Å². The van der Waals surface area contributed by atoms with Crippen molar-refractivity contribution in [1.29, 1.82) is 0 Å². The molecule has 0 radical (unpaired) electrons. The van der Waals surface area contributed by atoms with Gasteiger partial charge in [0.25, 0.3) is 0 Å². The highest BCUT2D eigenvalue weighted by atomic mass is 32.2. The SMILES string of the molecule is O=C(CSc1nnc(-c2cccs2)n1-c1ccccc1)Nc1ccccc1F. The standard InChI is InChI=1S/C20H15FN4OS2/c21-15-9-4-5-10-16(15)22-18(26)13-28-20-24-23-19(17-11-6-12-27-17)25(20)14-7-2-1-3-8-14/h1-12H,13H2,(H,22,26). The fourth-order valence-corrected chi connectivity index (χ4v) is 4.07. The summed E-state index contributed by atoms with van der Waals surface area (Å²) in [5.74, 6) is 0.0332. The van der Waals surface area contributed by atoms with E-state index in [0.29, 0.717) is 5.16 Å². The van der Waals surface area contributed by atoms with Crippen LogP contribution in [0.15, 0.2) is 77.3 Å². The number of aromatic nitrogens is 3. The number of nitrogens with one attached hydrogen (secondary N) is 1. The number of halogens is 1. The molecular formula is C20H15FN4OS2. The summed E-state index contributed by atoms with van der Waals surface area (Å²) in [7, 11) is 0. The second kappa shape index (κ2) is 8.37. The van der Waals surface area contributed by atoms with E-state index in [0.717, 1.165) is 16.4 Å². The van der Waals surface area contributed by atoms with Crippen LogP contribution in [0.5, 0.6) is 0 Å². The molecule has 0 aliphatic carbocycles. The Morgan fingerprint density at radius 2 is 1.82 bits per heavy atom. The molecule has 0 saturated carbocycles. The van der Waals surface area contributed by atoms with Gasteiger partial charge in [-0.2, -0.15) is 0 Å². The molecule has 8 heteroatoms. The van der Waals surface area contributed by atoms with Crippen LogP contribution in [-0.2, 0) is 4.79 Å². The van der Waals surface area contributed by atoms with Crippen molar-refractivity contribution in [2.45, 2.75) is 5.16 Å². The molecule has 0 spiro atoms. The number of thioether (sulfide) groups is 1. The Morgan fingerprint density at radius 1 is 1.04 bits per heavy atom. The maximum Gasteiger partial charge on any atom is 0.234 e. The van der Waals surface area contributed by atoms with Gasteiger partial charge in [0.05, 0.1) is 16.3 Å². The summed E-state index contributed by atoms with van der Waals surface area (Å²) in [5.41, 5.74) is 1.07. The van der Waals surface area contributed by atoms with Gasteiger partial charge >= 0.3 is 0 Å². The molecular weight excluding hydrogens is 395 g/mol. The van der Waals surface area contributed by atoms with Gasteiger partial charge in [0.1, 0.15) is 5.82 Å². The Balaban J connectivity index is 1.56. The van der Waals surface area contributed by atoms with E-state index in [-0.39, 0.29) is 17.3 Å². The largest absolute Gasteiger partial charge is 0.323 e. The van der Waals surface area contributed by atoms with Gasteiger partial charge in [-0.3, -0.25) is 9.36 Å². The quantitative estimate of drug-likeness (QED) is 0.461. The third kappa shape index (κ3) is 3.97. The molecule has 2 aromatic heterocycles. The fraction of sp³-hybridized carbons (Fsp3) is 0.0500. The van der Waals surface area contributed by atoms with E-state index in [1.807, 2.05) is 52.4 Å².